The van der Waals surface area contributed by atoms with Crippen LogP contribution in [0.25, 0.3) is 0 Å². The minimum atomic E-state index is -1.02. The molecule has 4 aromatic rings. The predicted molar refractivity (Wildman–Crippen MR) is 167 cm³/mol. The Hall–Kier alpha value is -4.27. The van der Waals surface area contributed by atoms with Gasteiger partial charge in [-0.3, -0.25) is 4.79 Å². The molecule has 1 amide bonds. The Morgan fingerprint density at radius 1 is 0.907 bits per heavy atom. The van der Waals surface area contributed by atoms with Crippen LogP contribution in [0, 0.1) is 0 Å². The number of carbonyl (C=O) groups excluding carboxylic acids is 1. The smallest absolute Gasteiger partial charge is 0.335 e. The number of carbonyl (C=O) groups is 2. The van der Waals surface area contributed by atoms with E-state index in [1.54, 1.807) is 47.5 Å². The van der Waals surface area contributed by atoms with E-state index in [1.165, 1.54) is 26.0 Å². The number of carboxylic acid groups (broad SMARTS) is 1. The lowest BCUT2D eigenvalue weighted by atomic mass is 10.0. The van der Waals surface area contributed by atoms with Crippen molar-refractivity contribution in [3.05, 3.63) is 105 Å². The molecular weight excluding hydrogens is 589 g/mol. The number of anilines is 2. The van der Waals surface area contributed by atoms with Crippen molar-refractivity contribution in [1.29, 1.82) is 0 Å². The summed E-state index contributed by atoms with van der Waals surface area (Å²) in [7, 11) is 1.50. The van der Waals surface area contributed by atoms with Gasteiger partial charge in [-0.2, -0.15) is 0 Å². The van der Waals surface area contributed by atoms with Crippen LogP contribution in [-0.4, -0.2) is 48.2 Å². The van der Waals surface area contributed by atoms with Gasteiger partial charge >= 0.3 is 5.97 Å². The van der Waals surface area contributed by atoms with Crippen LogP contribution in [0.1, 0.15) is 44.7 Å². The molecule has 0 radical (unpaired) electrons. The number of fused-ring (bicyclic) bond motifs is 1. The molecule has 1 saturated carbocycles. The van der Waals surface area contributed by atoms with E-state index < -0.39 is 5.97 Å². The van der Waals surface area contributed by atoms with E-state index in [0.29, 0.717) is 46.8 Å². The molecule has 43 heavy (non-hydrogen) atoms. The molecule has 2 aliphatic rings. The number of hydrogen-bond acceptors (Lipinski definition) is 6. The average molecular weight is 619 g/mol. The standard InChI is InChI=1S/C33H29Cl2N3O5/c1-42-29-18-22(33(40)41)11-9-20(29)8-10-21-17-26(35)30(19-25(21)34)43-31-24(5-4-14-36-31)32(39)38-16-15-37(23-12-13-23)27-6-2-3-7-28(27)38/h2-7,9,11,14,17-19,23H,8,10,12-13,15-16H2,1H3,(H,40,41). The molecule has 0 unspecified atom stereocenters. The first-order valence-corrected chi connectivity index (χ1v) is 14.8. The second kappa shape index (κ2) is 12.1. The SMILES string of the molecule is COc1cc(C(=O)O)ccc1CCc1cc(Cl)c(Oc2ncccc2C(=O)N2CCN(C3CC3)c3ccccc32)cc1Cl. The fourth-order valence-corrected chi connectivity index (χ4v) is 5.91. The van der Waals surface area contributed by atoms with Crippen molar-refractivity contribution in [3.8, 4) is 17.4 Å². The highest BCUT2D eigenvalue weighted by Crippen LogP contribution is 2.41. The van der Waals surface area contributed by atoms with Gasteiger partial charge in [-0.15, -0.1) is 0 Å². The molecule has 1 N–H and O–H groups in total. The molecule has 1 aliphatic heterocycles. The largest absolute Gasteiger partial charge is 0.496 e. The van der Waals surface area contributed by atoms with Crippen molar-refractivity contribution < 1.29 is 24.2 Å². The van der Waals surface area contributed by atoms with Crippen molar-refractivity contribution in [2.45, 2.75) is 31.7 Å². The van der Waals surface area contributed by atoms with Gasteiger partial charge in [0.05, 0.1) is 29.1 Å². The summed E-state index contributed by atoms with van der Waals surface area (Å²) in [5.41, 5.74) is 4.05. The molecule has 0 spiro atoms. The highest BCUT2D eigenvalue weighted by atomic mass is 35.5. The number of pyridine rings is 1. The van der Waals surface area contributed by atoms with Gasteiger partial charge in [-0.05, 0) is 79.3 Å². The third-order valence-corrected chi connectivity index (χ3v) is 8.43. The van der Waals surface area contributed by atoms with Crippen LogP contribution in [-0.2, 0) is 12.8 Å². The van der Waals surface area contributed by atoms with E-state index in [1.807, 2.05) is 18.2 Å². The van der Waals surface area contributed by atoms with Crippen LogP contribution in [0.15, 0.2) is 72.9 Å². The van der Waals surface area contributed by atoms with Gasteiger partial charge in [0.1, 0.15) is 17.1 Å². The number of ether oxygens (including phenoxy) is 2. The quantitative estimate of drug-likeness (QED) is 0.211. The van der Waals surface area contributed by atoms with Gasteiger partial charge in [0.15, 0.2) is 0 Å². The minimum absolute atomic E-state index is 0.142. The molecule has 10 heteroatoms. The van der Waals surface area contributed by atoms with E-state index in [4.69, 9.17) is 32.7 Å². The van der Waals surface area contributed by atoms with Gasteiger partial charge < -0.3 is 24.4 Å². The lowest BCUT2D eigenvalue weighted by Crippen LogP contribution is -2.45. The van der Waals surface area contributed by atoms with Crippen LogP contribution in [0.3, 0.4) is 0 Å². The Balaban J connectivity index is 1.21. The monoisotopic (exact) mass is 617 g/mol. The van der Waals surface area contributed by atoms with Crippen molar-refractivity contribution in [2.24, 2.45) is 0 Å². The lowest BCUT2D eigenvalue weighted by Gasteiger charge is -2.38. The number of para-hydroxylation sites is 2. The van der Waals surface area contributed by atoms with E-state index in [-0.39, 0.29) is 23.1 Å². The van der Waals surface area contributed by atoms with Crippen molar-refractivity contribution in [1.82, 2.24) is 4.98 Å². The summed E-state index contributed by atoms with van der Waals surface area (Å²) in [6.45, 7) is 1.33. The van der Waals surface area contributed by atoms with E-state index in [9.17, 15) is 14.7 Å². The number of nitrogens with zero attached hydrogens (tertiary/aromatic N) is 3. The van der Waals surface area contributed by atoms with Crippen LogP contribution in [0.5, 0.6) is 17.4 Å². The summed E-state index contributed by atoms with van der Waals surface area (Å²) >= 11 is 13.3. The number of rotatable bonds is 9. The number of amides is 1. The Labute approximate surface area is 259 Å². The van der Waals surface area contributed by atoms with Gasteiger partial charge in [-0.1, -0.05) is 41.4 Å². The molecule has 8 nitrogen and oxygen atoms in total. The highest BCUT2D eigenvalue weighted by molar-refractivity contribution is 6.34. The molecule has 0 saturated heterocycles. The third kappa shape index (κ3) is 5.98. The summed E-state index contributed by atoms with van der Waals surface area (Å²) in [6, 6.07) is 20.1. The zero-order valence-corrected chi connectivity index (χ0v) is 24.9. The van der Waals surface area contributed by atoms with Gasteiger partial charge in [0.2, 0.25) is 5.88 Å². The summed E-state index contributed by atoms with van der Waals surface area (Å²) in [6.07, 6.45) is 5.00. The normalized spacial score (nSPS) is 14.3. The van der Waals surface area contributed by atoms with Crippen molar-refractivity contribution >= 4 is 46.5 Å². The molecule has 1 aliphatic carbocycles. The molecule has 1 fully saturated rings. The van der Waals surface area contributed by atoms with Crippen LogP contribution in [0.2, 0.25) is 10.0 Å². The molecule has 2 heterocycles. The maximum Gasteiger partial charge on any atom is 0.335 e. The Morgan fingerprint density at radius 3 is 2.42 bits per heavy atom. The second-order valence-electron chi connectivity index (χ2n) is 10.5. The molecule has 220 valence electrons. The van der Waals surface area contributed by atoms with Crippen LogP contribution >= 0.6 is 23.2 Å². The summed E-state index contributed by atoms with van der Waals surface area (Å²) in [5.74, 6) is -0.304. The maximum atomic E-state index is 13.9. The zero-order chi connectivity index (χ0) is 30.1. The number of hydrogen-bond donors (Lipinski definition) is 1. The molecule has 0 bridgehead atoms. The van der Waals surface area contributed by atoms with Crippen molar-refractivity contribution in [2.75, 3.05) is 30.0 Å². The van der Waals surface area contributed by atoms with Crippen LogP contribution in [0.4, 0.5) is 11.4 Å². The molecular formula is C33H29Cl2N3O5. The maximum absolute atomic E-state index is 13.9. The van der Waals surface area contributed by atoms with E-state index >= 15 is 0 Å². The summed E-state index contributed by atoms with van der Waals surface area (Å²) in [4.78, 5) is 33.7. The third-order valence-electron chi connectivity index (χ3n) is 7.79. The van der Waals surface area contributed by atoms with Gasteiger partial charge in [-0.25, -0.2) is 9.78 Å². The number of carboxylic acids is 1. The molecule has 1 aromatic heterocycles. The zero-order valence-electron chi connectivity index (χ0n) is 23.4. The predicted octanol–water partition coefficient (Wildman–Crippen LogP) is 7.30. The van der Waals surface area contributed by atoms with Crippen LogP contribution < -0.4 is 19.3 Å². The first-order chi connectivity index (χ1) is 20.8. The van der Waals surface area contributed by atoms with Gasteiger partial charge in [0, 0.05) is 36.4 Å². The Bertz CT molecular complexity index is 1710. The highest BCUT2D eigenvalue weighted by Gasteiger charge is 2.36. The van der Waals surface area contributed by atoms with Crippen molar-refractivity contribution in [3.63, 3.8) is 0 Å². The number of aromatic nitrogens is 1. The molecule has 6 rings (SSSR count). The van der Waals surface area contributed by atoms with Gasteiger partial charge in [0.25, 0.3) is 5.91 Å². The Morgan fingerprint density at radius 2 is 1.67 bits per heavy atom. The molecule has 3 aromatic carbocycles. The fourth-order valence-electron chi connectivity index (χ4n) is 5.44. The first kappa shape index (κ1) is 28.8. The number of benzene rings is 3. The molecule has 0 atom stereocenters. The average Bonchev–Trinajstić information content (AvgIpc) is 3.87. The minimum Gasteiger partial charge on any atom is -0.496 e. The number of methoxy groups -OCH3 is 1. The first-order valence-electron chi connectivity index (χ1n) is 14.0. The van der Waals surface area contributed by atoms with E-state index in [0.717, 1.165) is 29.0 Å². The summed E-state index contributed by atoms with van der Waals surface area (Å²) in [5, 5.41) is 10.0. The fraction of sp³-hybridized carbons (Fsp3) is 0.242. The number of aromatic carboxylic acids is 1. The summed E-state index contributed by atoms with van der Waals surface area (Å²) < 4.78 is 11.5. The second-order valence-corrected chi connectivity index (χ2v) is 11.3. The number of aryl methyl sites for hydroxylation is 2. The topological polar surface area (TPSA) is 92.2 Å². The lowest BCUT2D eigenvalue weighted by molar-refractivity contribution is 0.0696. The van der Waals surface area contributed by atoms with E-state index in [2.05, 4.69) is 16.0 Å². The number of halogens is 2. The Kier molecular flexibility index (Phi) is 8.15.